The minimum atomic E-state index is -3.83. The third kappa shape index (κ3) is 6.54. The summed E-state index contributed by atoms with van der Waals surface area (Å²) in [5.74, 6) is -0.674. The van der Waals surface area contributed by atoms with Gasteiger partial charge in [-0.25, -0.2) is 17.5 Å². The zero-order chi connectivity index (χ0) is 23.9. The summed E-state index contributed by atoms with van der Waals surface area (Å²) in [4.78, 5) is 24.2. The highest BCUT2D eigenvalue weighted by Gasteiger charge is 2.24. The van der Waals surface area contributed by atoms with E-state index in [0.717, 1.165) is 9.87 Å². The van der Waals surface area contributed by atoms with Gasteiger partial charge in [0, 0.05) is 20.6 Å². The van der Waals surface area contributed by atoms with Crippen LogP contribution in [0.2, 0.25) is 0 Å². The summed E-state index contributed by atoms with van der Waals surface area (Å²) in [6.45, 7) is 4.20. The summed E-state index contributed by atoms with van der Waals surface area (Å²) in [5, 5.41) is 2.71. The Morgan fingerprint density at radius 3 is 2.28 bits per heavy atom. The number of esters is 1. The number of hydrogen-bond acceptors (Lipinski definition) is 6. The molecule has 0 aromatic heterocycles. The van der Waals surface area contributed by atoms with Crippen LogP contribution in [0.5, 0.6) is 5.75 Å². The number of sulfonamides is 1. The first-order valence-electron chi connectivity index (χ1n) is 10.2. The first kappa shape index (κ1) is 25.4. The number of ether oxygens (including phenoxy) is 2. The normalized spacial score (nSPS) is 11.5. The molecule has 0 heterocycles. The molecule has 2 aromatic rings. The first-order valence-corrected chi connectivity index (χ1v) is 11.6. The highest BCUT2D eigenvalue weighted by atomic mass is 32.2. The van der Waals surface area contributed by atoms with Crippen molar-refractivity contribution in [2.24, 2.45) is 0 Å². The molecule has 0 fully saturated rings. The van der Waals surface area contributed by atoms with Crippen molar-refractivity contribution < 1.29 is 27.5 Å². The molecule has 2 aromatic carbocycles. The van der Waals surface area contributed by atoms with E-state index in [1.807, 2.05) is 12.1 Å². The van der Waals surface area contributed by atoms with Gasteiger partial charge in [0.2, 0.25) is 10.0 Å². The molecule has 0 spiro atoms. The van der Waals surface area contributed by atoms with Crippen molar-refractivity contribution in [3.05, 3.63) is 59.2 Å². The summed E-state index contributed by atoms with van der Waals surface area (Å²) in [7, 11) is 0.262. The molecule has 0 aliphatic heterocycles. The van der Waals surface area contributed by atoms with Crippen molar-refractivity contribution in [1.82, 2.24) is 9.62 Å². The summed E-state index contributed by atoms with van der Waals surface area (Å²) in [5.41, 5.74) is 2.36. The van der Waals surface area contributed by atoms with Crippen LogP contribution in [0.1, 0.15) is 41.3 Å². The predicted molar refractivity (Wildman–Crippen MR) is 121 cm³/mol. The maximum Gasteiger partial charge on any atom is 0.338 e. The number of carbonyl (C=O) groups excluding carboxylic acids is 2. The summed E-state index contributed by atoms with van der Waals surface area (Å²) >= 11 is 0. The van der Waals surface area contributed by atoms with Gasteiger partial charge in [-0.2, -0.15) is 0 Å². The van der Waals surface area contributed by atoms with Gasteiger partial charge in [0.05, 0.1) is 12.7 Å². The molecule has 0 saturated carbocycles. The summed E-state index contributed by atoms with van der Waals surface area (Å²) in [6, 6.07) is 12.1. The fourth-order valence-corrected chi connectivity index (χ4v) is 3.96. The van der Waals surface area contributed by atoms with E-state index < -0.39 is 28.5 Å². The lowest BCUT2D eigenvalue weighted by Crippen LogP contribution is -2.30. The minimum Gasteiger partial charge on any atom is -0.495 e. The Labute approximate surface area is 189 Å². The zero-order valence-corrected chi connectivity index (χ0v) is 19.9. The van der Waals surface area contributed by atoms with E-state index in [-0.39, 0.29) is 16.2 Å². The van der Waals surface area contributed by atoms with Gasteiger partial charge in [0.1, 0.15) is 10.6 Å². The quantitative estimate of drug-likeness (QED) is 0.545. The van der Waals surface area contributed by atoms with Crippen LogP contribution in [0.4, 0.5) is 0 Å². The predicted octanol–water partition coefficient (Wildman–Crippen LogP) is 2.58. The van der Waals surface area contributed by atoms with Crippen LogP contribution in [-0.2, 0) is 26.0 Å². The molecule has 0 atom stereocenters. The molecule has 1 N–H and O–H groups in total. The third-order valence-corrected chi connectivity index (χ3v) is 6.71. The number of nitrogens with one attached hydrogen (secondary N) is 1. The fraction of sp³-hybridized carbons (Fsp3) is 0.391. The van der Waals surface area contributed by atoms with Crippen LogP contribution < -0.4 is 10.1 Å². The van der Waals surface area contributed by atoms with Gasteiger partial charge < -0.3 is 14.8 Å². The topological polar surface area (TPSA) is 102 Å². The largest absolute Gasteiger partial charge is 0.495 e. The number of carbonyl (C=O) groups is 2. The summed E-state index contributed by atoms with van der Waals surface area (Å²) < 4.78 is 36.1. The van der Waals surface area contributed by atoms with Gasteiger partial charge in [0.15, 0.2) is 6.61 Å². The van der Waals surface area contributed by atoms with E-state index in [2.05, 4.69) is 31.3 Å². The van der Waals surface area contributed by atoms with Gasteiger partial charge in [-0.05, 0) is 41.7 Å². The van der Waals surface area contributed by atoms with Crippen LogP contribution in [-0.4, -0.2) is 59.0 Å². The van der Waals surface area contributed by atoms with E-state index in [4.69, 9.17) is 9.47 Å². The number of amides is 1. The van der Waals surface area contributed by atoms with Crippen molar-refractivity contribution in [3.63, 3.8) is 0 Å². The van der Waals surface area contributed by atoms with Crippen LogP contribution in [0.25, 0.3) is 0 Å². The number of rotatable bonds is 10. The van der Waals surface area contributed by atoms with Gasteiger partial charge in [-0.1, -0.05) is 38.1 Å². The van der Waals surface area contributed by atoms with Gasteiger partial charge in [-0.15, -0.1) is 0 Å². The van der Waals surface area contributed by atoms with Crippen LogP contribution >= 0.6 is 0 Å². The van der Waals surface area contributed by atoms with Crippen molar-refractivity contribution >= 4 is 21.9 Å². The van der Waals surface area contributed by atoms with Gasteiger partial charge in [-0.3, -0.25) is 4.79 Å². The Balaban J connectivity index is 1.91. The second kappa shape index (κ2) is 11.1. The Morgan fingerprint density at radius 1 is 1.06 bits per heavy atom. The van der Waals surface area contributed by atoms with E-state index in [0.29, 0.717) is 18.9 Å². The zero-order valence-electron chi connectivity index (χ0n) is 19.0. The van der Waals surface area contributed by atoms with E-state index >= 15 is 0 Å². The van der Waals surface area contributed by atoms with Gasteiger partial charge >= 0.3 is 5.97 Å². The van der Waals surface area contributed by atoms with Gasteiger partial charge in [0.25, 0.3) is 5.91 Å². The highest BCUT2D eigenvalue weighted by molar-refractivity contribution is 7.89. The first-order chi connectivity index (χ1) is 15.1. The molecule has 9 heteroatoms. The van der Waals surface area contributed by atoms with Crippen LogP contribution in [0.3, 0.4) is 0 Å². The van der Waals surface area contributed by atoms with Crippen LogP contribution in [0, 0.1) is 0 Å². The van der Waals surface area contributed by atoms with E-state index in [1.165, 1.54) is 45.0 Å². The molecule has 0 aliphatic rings. The third-order valence-electron chi connectivity index (χ3n) is 4.87. The number of hydrogen-bond donors (Lipinski definition) is 1. The lowest BCUT2D eigenvalue weighted by Gasteiger charge is -2.15. The average molecular weight is 463 g/mol. The second-order valence-electron chi connectivity index (χ2n) is 7.73. The lowest BCUT2D eigenvalue weighted by atomic mass is 10.0. The van der Waals surface area contributed by atoms with Crippen molar-refractivity contribution in [2.45, 2.75) is 31.1 Å². The van der Waals surface area contributed by atoms with E-state index in [9.17, 15) is 18.0 Å². The smallest absolute Gasteiger partial charge is 0.338 e. The van der Waals surface area contributed by atoms with Crippen molar-refractivity contribution in [3.8, 4) is 5.75 Å². The Morgan fingerprint density at radius 2 is 1.72 bits per heavy atom. The molecular formula is C23H30N2O6S. The average Bonchev–Trinajstić information content (AvgIpc) is 2.77. The Hall–Kier alpha value is -2.91. The Bertz CT molecular complexity index is 1050. The van der Waals surface area contributed by atoms with Crippen molar-refractivity contribution in [1.29, 1.82) is 0 Å². The summed E-state index contributed by atoms with van der Waals surface area (Å²) in [6.07, 6.45) is 0.655. The van der Waals surface area contributed by atoms with Crippen LogP contribution in [0.15, 0.2) is 47.4 Å². The molecule has 1 amide bonds. The monoisotopic (exact) mass is 462 g/mol. The molecule has 0 radical (unpaired) electrons. The Kier molecular flexibility index (Phi) is 8.80. The maximum atomic E-state index is 12.5. The minimum absolute atomic E-state index is 0.00395. The number of benzene rings is 2. The molecule has 2 rings (SSSR count). The molecule has 32 heavy (non-hydrogen) atoms. The molecule has 8 nitrogen and oxygen atoms in total. The molecule has 0 bridgehead atoms. The molecule has 0 saturated heterocycles. The fourth-order valence-electron chi connectivity index (χ4n) is 2.88. The SMILES string of the molecule is COc1ccc(C(=O)OCC(=O)NCCc2ccc(C(C)C)cc2)cc1S(=O)(=O)N(C)C. The molecule has 0 aliphatic carbocycles. The second-order valence-corrected chi connectivity index (χ2v) is 9.85. The molecular weight excluding hydrogens is 432 g/mol. The highest BCUT2D eigenvalue weighted by Crippen LogP contribution is 2.27. The standard InChI is InChI=1S/C23H30N2O6S/c1-16(2)18-8-6-17(7-9-18)12-13-24-22(26)15-31-23(27)19-10-11-20(30-5)21(14-19)32(28,29)25(3)4/h6-11,14,16H,12-13,15H2,1-5H3,(H,24,26). The van der Waals surface area contributed by atoms with E-state index in [1.54, 1.807) is 0 Å². The molecule has 174 valence electrons. The molecule has 0 unspecified atom stereocenters. The maximum absolute atomic E-state index is 12.5. The number of nitrogens with zero attached hydrogens (tertiary/aromatic N) is 1. The lowest BCUT2D eigenvalue weighted by molar-refractivity contribution is -0.124. The van der Waals surface area contributed by atoms with Crippen molar-refractivity contribution in [2.75, 3.05) is 34.4 Å². The number of methoxy groups -OCH3 is 1.